The first-order valence-corrected chi connectivity index (χ1v) is 7.49. The largest absolute Gasteiger partial charge is 0.493 e. The van der Waals surface area contributed by atoms with E-state index in [4.69, 9.17) is 4.74 Å². The lowest BCUT2D eigenvalue weighted by molar-refractivity contribution is 0.172. The van der Waals surface area contributed by atoms with E-state index in [1.54, 1.807) is 0 Å². The summed E-state index contributed by atoms with van der Waals surface area (Å²) in [7, 11) is 0. The summed E-state index contributed by atoms with van der Waals surface area (Å²) in [6.07, 6.45) is 0.0648. The number of hydrogen-bond acceptors (Lipinski definition) is 2. The highest BCUT2D eigenvalue weighted by Crippen LogP contribution is 2.29. The molecule has 2 heteroatoms. The molecule has 0 radical (unpaired) electrons. The van der Waals surface area contributed by atoms with Crippen LogP contribution in [-0.2, 0) is 6.42 Å². The number of rotatable bonds is 5. The SMILES string of the molecule is CCOc1ccccc1C(O)Cc1c(C)cc(C)cc1C. The van der Waals surface area contributed by atoms with Crippen molar-refractivity contribution in [3.63, 3.8) is 0 Å². The Labute approximate surface area is 127 Å². The number of aliphatic hydroxyl groups is 1. The highest BCUT2D eigenvalue weighted by Gasteiger charge is 2.16. The highest BCUT2D eigenvalue weighted by molar-refractivity contribution is 5.41. The number of benzene rings is 2. The van der Waals surface area contributed by atoms with Crippen molar-refractivity contribution in [3.8, 4) is 5.75 Å². The van der Waals surface area contributed by atoms with Crippen LogP contribution in [0.5, 0.6) is 5.75 Å². The van der Waals surface area contributed by atoms with Crippen LogP contribution in [-0.4, -0.2) is 11.7 Å². The highest BCUT2D eigenvalue weighted by atomic mass is 16.5. The van der Waals surface area contributed by atoms with E-state index in [0.29, 0.717) is 13.0 Å². The van der Waals surface area contributed by atoms with Gasteiger partial charge in [0.1, 0.15) is 5.75 Å². The molecule has 0 amide bonds. The molecular formula is C19H24O2. The third-order valence-electron chi connectivity index (χ3n) is 3.82. The quantitative estimate of drug-likeness (QED) is 0.887. The van der Waals surface area contributed by atoms with Gasteiger partial charge in [-0.25, -0.2) is 0 Å². The van der Waals surface area contributed by atoms with Gasteiger partial charge in [0.15, 0.2) is 0 Å². The normalized spacial score (nSPS) is 12.2. The standard InChI is InChI=1S/C19H24O2/c1-5-21-19-9-7-6-8-16(19)18(20)12-17-14(3)10-13(2)11-15(17)4/h6-11,18,20H,5,12H2,1-4H3. The van der Waals surface area contributed by atoms with Gasteiger partial charge < -0.3 is 9.84 Å². The minimum Gasteiger partial charge on any atom is -0.493 e. The van der Waals surface area contributed by atoms with Gasteiger partial charge in [-0.2, -0.15) is 0 Å². The van der Waals surface area contributed by atoms with E-state index in [2.05, 4.69) is 32.9 Å². The molecule has 21 heavy (non-hydrogen) atoms. The molecule has 0 aliphatic rings. The van der Waals surface area contributed by atoms with E-state index in [9.17, 15) is 5.11 Å². The third kappa shape index (κ3) is 3.64. The van der Waals surface area contributed by atoms with Gasteiger partial charge in [0.25, 0.3) is 0 Å². The van der Waals surface area contributed by atoms with Crippen molar-refractivity contribution in [1.29, 1.82) is 0 Å². The topological polar surface area (TPSA) is 29.5 Å². The molecule has 0 aromatic heterocycles. The van der Waals surface area contributed by atoms with Gasteiger partial charge in [-0.05, 0) is 50.5 Å². The van der Waals surface area contributed by atoms with Crippen LogP contribution in [0.3, 0.4) is 0 Å². The molecule has 0 bridgehead atoms. The number of hydrogen-bond donors (Lipinski definition) is 1. The molecule has 0 aliphatic carbocycles. The predicted octanol–water partition coefficient (Wildman–Crippen LogP) is 4.29. The van der Waals surface area contributed by atoms with E-state index in [-0.39, 0.29) is 0 Å². The van der Waals surface area contributed by atoms with E-state index in [1.165, 1.54) is 22.3 Å². The van der Waals surface area contributed by atoms with Gasteiger partial charge in [-0.3, -0.25) is 0 Å². The molecule has 1 N–H and O–H groups in total. The minimum atomic E-state index is -0.548. The van der Waals surface area contributed by atoms with Crippen LogP contribution in [0.1, 0.15) is 40.8 Å². The van der Waals surface area contributed by atoms with Crippen molar-refractivity contribution in [2.75, 3.05) is 6.61 Å². The number of aryl methyl sites for hydroxylation is 3. The Balaban J connectivity index is 2.28. The van der Waals surface area contributed by atoms with Crippen molar-refractivity contribution in [2.45, 2.75) is 40.2 Å². The van der Waals surface area contributed by atoms with Gasteiger partial charge in [0.2, 0.25) is 0 Å². The average Bonchev–Trinajstić information content (AvgIpc) is 2.43. The van der Waals surface area contributed by atoms with Gasteiger partial charge in [-0.1, -0.05) is 35.9 Å². The molecule has 0 spiro atoms. The Morgan fingerprint density at radius 2 is 1.67 bits per heavy atom. The van der Waals surface area contributed by atoms with Crippen LogP contribution in [0.15, 0.2) is 36.4 Å². The molecule has 0 saturated heterocycles. The summed E-state index contributed by atoms with van der Waals surface area (Å²) in [6.45, 7) is 8.88. The van der Waals surface area contributed by atoms with Crippen LogP contribution < -0.4 is 4.74 Å². The van der Waals surface area contributed by atoms with Crippen LogP contribution in [0.25, 0.3) is 0 Å². The smallest absolute Gasteiger partial charge is 0.125 e. The van der Waals surface area contributed by atoms with E-state index < -0.39 is 6.10 Å². The molecule has 2 aromatic rings. The second-order valence-electron chi connectivity index (χ2n) is 5.57. The Bertz CT molecular complexity index is 594. The van der Waals surface area contributed by atoms with Crippen molar-refractivity contribution < 1.29 is 9.84 Å². The van der Waals surface area contributed by atoms with Gasteiger partial charge >= 0.3 is 0 Å². The van der Waals surface area contributed by atoms with E-state index >= 15 is 0 Å². The number of para-hydroxylation sites is 1. The van der Waals surface area contributed by atoms with Crippen LogP contribution in [0.2, 0.25) is 0 Å². The summed E-state index contributed by atoms with van der Waals surface area (Å²) in [6, 6.07) is 12.1. The molecule has 0 fully saturated rings. The van der Waals surface area contributed by atoms with Crippen molar-refractivity contribution in [1.82, 2.24) is 0 Å². The number of aliphatic hydroxyl groups excluding tert-OH is 1. The molecule has 1 atom stereocenters. The molecular weight excluding hydrogens is 260 g/mol. The maximum atomic E-state index is 10.6. The molecule has 2 nitrogen and oxygen atoms in total. The average molecular weight is 284 g/mol. The zero-order chi connectivity index (χ0) is 15.4. The van der Waals surface area contributed by atoms with Gasteiger partial charge in [0.05, 0.1) is 12.7 Å². The third-order valence-corrected chi connectivity index (χ3v) is 3.82. The first kappa shape index (κ1) is 15.6. The monoisotopic (exact) mass is 284 g/mol. The number of ether oxygens (including phenoxy) is 1. The summed E-state index contributed by atoms with van der Waals surface area (Å²) in [5, 5.41) is 10.6. The molecule has 2 rings (SSSR count). The molecule has 112 valence electrons. The lowest BCUT2D eigenvalue weighted by Crippen LogP contribution is -2.07. The minimum absolute atomic E-state index is 0.548. The zero-order valence-electron chi connectivity index (χ0n) is 13.3. The molecule has 2 aromatic carbocycles. The summed E-state index contributed by atoms with van der Waals surface area (Å²) in [4.78, 5) is 0. The van der Waals surface area contributed by atoms with Gasteiger partial charge in [0, 0.05) is 12.0 Å². The fourth-order valence-corrected chi connectivity index (χ4v) is 2.88. The van der Waals surface area contributed by atoms with Crippen LogP contribution >= 0.6 is 0 Å². The van der Waals surface area contributed by atoms with Crippen LogP contribution in [0.4, 0.5) is 0 Å². The van der Waals surface area contributed by atoms with Crippen molar-refractivity contribution in [2.24, 2.45) is 0 Å². The lowest BCUT2D eigenvalue weighted by Gasteiger charge is -2.18. The maximum Gasteiger partial charge on any atom is 0.125 e. The fourth-order valence-electron chi connectivity index (χ4n) is 2.88. The van der Waals surface area contributed by atoms with Crippen molar-refractivity contribution in [3.05, 3.63) is 64.2 Å². The maximum absolute atomic E-state index is 10.6. The summed E-state index contributed by atoms with van der Waals surface area (Å²) >= 11 is 0. The van der Waals surface area contributed by atoms with Crippen LogP contribution in [0, 0.1) is 20.8 Å². The Hall–Kier alpha value is -1.80. The molecule has 0 aliphatic heterocycles. The summed E-state index contributed by atoms with van der Waals surface area (Å²) in [5.41, 5.74) is 5.82. The molecule has 0 heterocycles. The summed E-state index contributed by atoms with van der Waals surface area (Å²) in [5.74, 6) is 0.773. The second kappa shape index (κ2) is 6.77. The lowest BCUT2D eigenvalue weighted by atomic mass is 9.93. The van der Waals surface area contributed by atoms with Gasteiger partial charge in [-0.15, -0.1) is 0 Å². The molecule has 0 saturated carbocycles. The predicted molar refractivity (Wildman–Crippen MR) is 86.9 cm³/mol. The first-order chi connectivity index (χ1) is 10.0. The summed E-state index contributed by atoms with van der Waals surface area (Å²) < 4.78 is 5.62. The zero-order valence-corrected chi connectivity index (χ0v) is 13.3. The second-order valence-corrected chi connectivity index (χ2v) is 5.57. The molecule has 1 unspecified atom stereocenters. The van der Waals surface area contributed by atoms with Crippen molar-refractivity contribution >= 4 is 0 Å². The van der Waals surface area contributed by atoms with E-state index in [0.717, 1.165) is 11.3 Å². The Morgan fingerprint density at radius 1 is 1.05 bits per heavy atom. The fraction of sp³-hybridized carbons (Fsp3) is 0.368. The Morgan fingerprint density at radius 3 is 2.29 bits per heavy atom. The Kier molecular flexibility index (Phi) is 5.03. The first-order valence-electron chi connectivity index (χ1n) is 7.49. The van der Waals surface area contributed by atoms with E-state index in [1.807, 2.05) is 31.2 Å².